The number of hydrogen-bond acceptors (Lipinski definition) is 3. The Kier molecular flexibility index (Phi) is 5.96. The molecule has 1 aliphatic rings. The van der Waals surface area contributed by atoms with Crippen LogP contribution < -0.4 is 10.6 Å². The molecule has 1 aliphatic carbocycles. The van der Waals surface area contributed by atoms with Crippen molar-refractivity contribution in [2.24, 2.45) is 0 Å². The van der Waals surface area contributed by atoms with E-state index in [0.29, 0.717) is 18.2 Å². The summed E-state index contributed by atoms with van der Waals surface area (Å²) in [4.78, 5) is 23.3. The normalized spacial score (nSPS) is 14.9. The predicted molar refractivity (Wildman–Crippen MR) is 84.0 cm³/mol. The van der Waals surface area contributed by atoms with Crippen LogP contribution in [0.15, 0.2) is 24.3 Å². The van der Waals surface area contributed by atoms with Crippen LogP contribution >= 0.6 is 0 Å². The van der Waals surface area contributed by atoms with E-state index in [-0.39, 0.29) is 18.2 Å². The van der Waals surface area contributed by atoms with E-state index in [1.54, 1.807) is 18.2 Å². The lowest BCUT2D eigenvalue weighted by molar-refractivity contribution is -0.121. The maximum Gasteiger partial charge on any atom is 0.238 e. The fraction of sp³-hybridized carbons (Fsp3) is 0.471. The van der Waals surface area contributed by atoms with Crippen LogP contribution in [-0.4, -0.2) is 17.9 Å². The zero-order valence-corrected chi connectivity index (χ0v) is 12.6. The minimum absolute atomic E-state index is 0.0492. The van der Waals surface area contributed by atoms with Gasteiger partial charge < -0.3 is 10.6 Å². The fourth-order valence-electron chi connectivity index (χ4n) is 2.69. The second-order valence-corrected chi connectivity index (χ2v) is 5.66. The summed E-state index contributed by atoms with van der Waals surface area (Å²) in [5.74, 6) is -0.279. The van der Waals surface area contributed by atoms with E-state index in [9.17, 15) is 9.59 Å². The first-order chi connectivity index (χ1) is 10.7. The van der Waals surface area contributed by atoms with Gasteiger partial charge in [-0.1, -0.05) is 31.4 Å². The molecule has 1 aromatic carbocycles. The molecule has 0 bridgehead atoms. The molecule has 0 spiro atoms. The monoisotopic (exact) mass is 299 g/mol. The van der Waals surface area contributed by atoms with Crippen LogP contribution in [0.2, 0.25) is 0 Å². The highest BCUT2D eigenvalue weighted by Gasteiger charge is 2.15. The number of nitrogens with one attached hydrogen (secondary N) is 2. The summed E-state index contributed by atoms with van der Waals surface area (Å²) >= 11 is 0. The third kappa shape index (κ3) is 5.21. The molecular weight excluding hydrogens is 278 g/mol. The average molecular weight is 299 g/mol. The lowest BCUT2D eigenvalue weighted by Gasteiger charge is -2.22. The number of hydrogen-bond donors (Lipinski definition) is 2. The molecule has 0 heterocycles. The highest BCUT2D eigenvalue weighted by atomic mass is 16.2. The van der Waals surface area contributed by atoms with Crippen molar-refractivity contribution in [3.63, 3.8) is 0 Å². The third-order valence-electron chi connectivity index (χ3n) is 3.81. The summed E-state index contributed by atoms with van der Waals surface area (Å²) in [5, 5.41) is 14.2. The fourth-order valence-corrected chi connectivity index (χ4v) is 2.69. The Morgan fingerprint density at radius 1 is 1.09 bits per heavy atom. The second kappa shape index (κ2) is 8.18. The van der Waals surface area contributed by atoms with E-state index in [0.717, 1.165) is 18.4 Å². The van der Waals surface area contributed by atoms with Crippen molar-refractivity contribution in [3.05, 3.63) is 29.8 Å². The molecule has 0 radical (unpaired) electrons. The van der Waals surface area contributed by atoms with Crippen LogP contribution in [0, 0.1) is 11.3 Å². The summed E-state index contributed by atoms with van der Waals surface area (Å²) < 4.78 is 0. The Labute approximate surface area is 130 Å². The largest absolute Gasteiger partial charge is 0.353 e. The first-order valence-corrected chi connectivity index (χ1v) is 7.72. The van der Waals surface area contributed by atoms with Gasteiger partial charge in [-0.15, -0.1) is 0 Å². The Bertz CT molecular complexity index is 554. The Balaban J connectivity index is 1.81. The molecule has 5 nitrogen and oxygen atoms in total. The molecule has 116 valence electrons. The number of nitriles is 1. The number of carbonyl (C=O) groups excluding carboxylic acids is 2. The van der Waals surface area contributed by atoms with Crippen LogP contribution in [0.25, 0.3) is 0 Å². The molecule has 2 N–H and O–H groups in total. The molecule has 1 fully saturated rings. The van der Waals surface area contributed by atoms with E-state index in [4.69, 9.17) is 5.26 Å². The number of amides is 2. The van der Waals surface area contributed by atoms with Gasteiger partial charge in [0.15, 0.2) is 0 Å². The van der Waals surface area contributed by atoms with Crippen molar-refractivity contribution in [1.29, 1.82) is 5.26 Å². The van der Waals surface area contributed by atoms with Crippen molar-refractivity contribution < 1.29 is 9.59 Å². The number of nitrogens with zero attached hydrogens (tertiary/aromatic N) is 1. The summed E-state index contributed by atoms with van der Waals surface area (Å²) in [6.45, 7) is 0. The van der Waals surface area contributed by atoms with E-state index >= 15 is 0 Å². The molecule has 1 aromatic rings. The van der Waals surface area contributed by atoms with Crippen molar-refractivity contribution in [3.8, 4) is 6.07 Å². The van der Waals surface area contributed by atoms with Gasteiger partial charge in [-0.25, -0.2) is 0 Å². The highest BCUT2D eigenvalue weighted by Crippen LogP contribution is 2.17. The number of carbonyl (C=O) groups is 2. The van der Waals surface area contributed by atoms with E-state index in [1.807, 2.05) is 12.1 Å². The summed E-state index contributed by atoms with van der Waals surface area (Å²) in [6, 6.07) is 9.26. The van der Waals surface area contributed by atoms with Gasteiger partial charge in [0.05, 0.1) is 12.5 Å². The lowest BCUT2D eigenvalue weighted by atomic mass is 9.95. The molecule has 0 saturated heterocycles. The Morgan fingerprint density at radius 3 is 2.41 bits per heavy atom. The van der Waals surface area contributed by atoms with Crippen LogP contribution in [0.1, 0.15) is 44.1 Å². The minimum Gasteiger partial charge on any atom is -0.353 e. The predicted octanol–water partition coefficient (Wildman–Crippen LogP) is 2.53. The van der Waals surface area contributed by atoms with Gasteiger partial charge in [0.2, 0.25) is 11.8 Å². The van der Waals surface area contributed by atoms with Crippen LogP contribution in [0.5, 0.6) is 0 Å². The first kappa shape index (κ1) is 16.0. The maximum atomic E-state index is 12.0. The molecule has 2 rings (SSSR count). The molecule has 0 unspecified atom stereocenters. The third-order valence-corrected chi connectivity index (χ3v) is 3.81. The topological polar surface area (TPSA) is 82.0 Å². The average Bonchev–Trinajstić information content (AvgIpc) is 2.50. The maximum absolute atomic E-state index is 12.0. The van der Waals surface area contributed by atoms with Crippen molar-refractivity contribution >= 4 is 17.5 Å². The van der Waals surface area contributed by atoms with Gasteiger partial charge in [-0.05, 0) is 30.5 Å². The molecule has 0 aliphatic heterocycles. The van der Waals surface area contributed by atoms with Crippen LogP contribution in [-0.2, 0) is 16.0 Å². The lowest BCUT2D eigenvalue weighted by Crippen LogP contribution is -2.37. The molecule has 0 aromatic heterocycles. The quantitative estimate of drug-likeness (QED) is 0.876. The number of benzene rings is 1. The zero-order valence-electron chi connectivity index (χ0n) is 12.6. The van der Waals surface area contributed by atoms with Gasteiger partial charge in [-0.3, -0.25) is 9.59 Å². The Hall–Kier alpha value is -2.35. The molecular formula is C17H21N3O2. The molecule has 0 atom stereocenters. The van der Waals surface area contributed by atoms with Crippen molar-refractivity contribution in [2.45, 2.75) is 51.0 Å². The number of anilines is 1. The molecule has 2 amide bonds. The molecule has 1 saturated carbocycles. The SMILES string of the molecule is N#CCC(=O)Nc1ccc(CC(=O)NC2CCCCC2)cc1. The van der Waals surface area contributed by atoms with Crippen molar-refractivity contribution in [2.75, 3.05) is 5.32 Å². The van der Waals surface area contributed by atoms with Crippen molar-refractivity contribution in [1.82, 2.24) is 5.32 Å². The Morgan fingerprint density at radius 2 is 1.77 bits per heavy atom. The standard InChI is InChI=1S/C17H21N3O2/c18-11-10-16(21)19-15-8-6-13(7-9-15)12-17(22)20-14-4-2-1-3-5-14/h6-9,14H,1-5,10,12H2,(H,19,21)(H,20,22). The second-order valence-electron chi connectivity index (χ2n) is 5.66. The highest BCUT2D eigenvalue weighted by molar-refractivity contribution is 5.92. The van der Waals surface area contributed by atoms with Gasteiger partial charge in [0, 0.05) is 11.7 Å². The summed E-state index contributed by atoms with van der Waals surface area (Å²) in [6.07, 6.45) is 6.01. The van der Waals surface area contributed by atoms with Gasteiger partial charge in [0.25, 0.3) is 0 Å². The van der Waals surface area contributed by atoms with Gasteiger partial charge in [-0.2, -0.15) is 5.26 Å². The smallest absolute Gasteiger partial charge is 0.238 e. The van der Waals surface area contributed by atoms with Crippen LogP contribution in [0.4, 0.5) is 5.69 Å². The van der Waals surface area contributed by atoms with E-state index in [1.165, 1.54) is 19.3 Å². The minimum atomic E-state index is -0.328. The summed E-state index contributed by atoms with van der Waals surface area (Å²) in [7, 11) is 0. The molecule has 5 heteroatoms. The molecule has 22 heavy (non-hydrogen) atoms. The van der Waals surface area contributed by atoms with Gasteiger partial charge >= 0.3 is 0 Å². The summed E-state index contributed by atoms with van der Waals surface area (Å²) in [5.41, 5.74) is 1.54. The van der Waals surface area contributed by atoms with E-state index < -0.39 is 0 Å². The van der Waals surface area contributed by atoms with Crippen LogP contribution in [0.3, 0.4) is 0 Å². The van der Waals surface area contributed by atoms with Gasteiger partial charge in [0.1, 0.15) is 6.42 Å². The number of rotatable bonds is 5. The first-order valence-electron chi connectivity index (χ1n) is 7.72. The van der Waals surface area contributed by atoms with E-state index in [2.05, 4.69) is 10.6 Å². The zero-order chi connectivity index (χ0) is 15.8.